The first-order valence-corrected chi connectivity index (χ1v) is 12.0. The molecule has 206 valence electrons. The molecule has 14 heteroatoms. The summed E-state index contributed by atoms with van der Waals surface area (Å²) in [4.78, 5) is 35.2. The maximum atomic E-state index is 14.3. The van der Waals surface area contributed by atoms with Gasteiger partial charge < -0.3 is 10.1 Å². The van der Waals surface area contributed by atoms with E-state index in [4.69, 9.17) is 11.6 Å². The number of nitrogens with one attached hydrogen (secondary N) is 1. The van der Waals surface area contributed by atoms with E-state index in [1.807, 2.05) is 0 Å². The fourth-order valence-corrected chi connectivity index (χ4v) is 4.77. The molecule has 2 atom stereocenters. The van der Waals surface area contributed by atoms with E-state index in [0.29, 0.717) is 0 Å². The van der Waals surface area contributed by atoms with Crippen LogP contribution in [0.15, 0.2) is 43.0 Å². The van der Waals surface area contributed by atoms with Crippen LogP contribution >= 0.6 is 11.6 Å². The Morgan fingerprint density at radius 2 is 1.68 bits per heavy atom. The van der Waals surface area contributed by atoms with Crippen molar-refractivity contribution in [2.75, 3.05) is 4.90 Å². The van der Waals surface area contributed by atoms with E-state index >= 15 is 0 Å². The first kappa shape index (κ1) is 28.1. The predicted octanol–water partition coefficient (Wildman–Crippen LogP) is 4.74. The van der Waals surface area contributed by atoms with E-state index in [2.05, 4.69) is 20.0 Å². The first-order chi connectivity index (χ1) is 17.8. The second-order valence-corrected chi connectivity index (χ2v) is 9.84. The number of rotatable bonds is 9. The number of ether oxygens (including phenoxy) is 1. The highest BCUT2D eigenvalue weighted by Crippen LogP contribution is 2.59. The molecule has 4 rings (SSSR count). The molecule has 2 aliphatic rings. The minimum Gasteiger partial charge on any atom is -0.351 e. The number of benzene rings is 1. The van der Waals surface area contributed by atoms with Gasteiger partial charge >= 0.3 is 12.8 Å². The summed E-state index contributed by atoms with van der Waals surface area (Å²) in [5, 5.41) is 2.64. The molecule has 7 nitrogen and oxygen atoms in total. The molecule has 2 fully saturated rings. The number of amides is 2. The normalized spacial score (nSPS) is 22.7. The first-order valence-electron chi connectivity index (χ1n) is 11.6. The average molecular weight is 565 g/mol. The number of halogens is 7. The van der Waals surface area contributed by atoms with Gasteiger partial charge in [0.15, 0.2) is 5.54 Å². The molecular weight excluding hydrogens is 542 g/mol. The van der Waals surface area contributed by atoms with Gasteiger partial charge in [-0.1, -0.05) is 23.7 Å². The van der Waals surface area contributed by atoms with Crippen LogP contribution in [0.2, 0.25) is 0 Å². The second kappa shape index (κ2) is 10.3. The van der Waals surface area contributed by atoms with E-state index < -0.39 is 53.3 Å². The van der Waals surface area contributed by atoms with E-state index in [1.54, 1.807) is 0 Å². The molecule has 0 bridgehead atoms. The van der Waals surface area contributed by atoms with Gasteiger partial charge in [-0.15, -0.1) is 0 Å². The van der Waals surface area contributed by atoms with Crippen molar-refractivity contribution in [3.05, 3.63) is 54.1 Å². The molecular formula is C24H23ClF6N4O3. The number of nitrogens with zero attached hydrogens (tertiary/aromatic N) is 3. The van der Waals surface area contributed by atoms with Crippen molar-refractivity contribution in [2.45, 2.75) is 74.1 Å². The molecule has 0 radical (unpaired) electrons. The highest BCUT2D eigenvalue weighted by Gasteiger charge is 2.64. The Hall–Kier alpha value is -2.93. The molecule has 1 N–H and O–H groups in total. The number of alkyl halides is 7. The van der Waals surface area contributed by atoms with Gasteiger partial charge in [0.2, 0.25) is 0 Å². The smallest absolute Gasteiger partial charge is 0.351 e. The molecule has 2 amide bonds. The molecule has 0 aliphatic heterocycles. The SMILES string of the molecule is C[C@](C(=O)NC1CC(OC(F)F)C1)(c1cncnc1)N(C(=O)[C@H](F)Cl)c1ccc(C2(C(F)(F)F)CC2)cc1. The summed E-state index contributed by atoms with van der Waals surface area (Å²) >= 11 is 5.50. The quantitative estimate of drug-likeness (QED) is 0.351. The Balaban J connectivity index is 1.70. The van der Waals surface area contributed by atoms with Crippen LogP contribution in [0.1, 0.15) is 43.7 Å². The monoisotopic (exact) mass is 564 g/mol. The summed E-state index contributed by atoms with van der Waals surface area (Å²) in [6.07, 6.45) is -1.71. The summed E-state index contributed by atoms with van der Waals surface area (Å²) in [6.45, 7) is -1.70. The molecule has 38 heavy (non-hydrogen) atoms. The second-order valence-electron chi connectivity index (χ2n) is 9.46. The van der Waals surface area contributed by atoms with Crippen molar-refractivity contribution in [1.29, 1.82) is 0 Å². The number of anilines is 1. The summed E-state index contributed by atoms with van der Waals surface area (Å²) in [7, 11) is 0. The van der Waals surface area contributed by atoms with Gasteiger partial charge in [0.05, 0.1) is 11.5 Å². The predicted molar refractivity (Wildman–Crippen MR) is 123 cm³/mol. The van der Waals surface area contributed by atoms with Gasteiger partial charge in [-0.3, -0.25) is 14.5 Å². The third-order valence-corrected chi connectivity index (χ3v) is 7.30. The van der Waals surface area contributed by atoms with Crippen LogP contribution < -0.4 is 10.2 Å². The van der Waals surface area contributed by atoms with Crippen LogP contribution in [-0.2, 0) is 25.3 Å². The minimum atomic E-state index is -4.48. The molecule has 1 aromatic heterocycles. The Morgan fingerprint density at radius 3 is 2.16 bits per heavy atom. The third kappa shape index (κ3) is 5.18. The van der Waals surface area contributed by atoms with Crippen molar-refractivity contribution < 1.29 is 40.7 Å². The number of hydrogen-bond donors (Lipinski definition) is 1. The van der Waals surface area contributed by atoms with Crippen LogP contribution in [0.25, 0.3) is 0 Å². The van der Waals surface area contributed by atoms with Crippen LogP contribution in [0.4, 0.5) is 32.0 Å². The molecule has 1 aromatic carbocycles. The lowest BCUT2D eigenvalue weighted by Crippen LogP contribution is -2.61. The molecule has 2 aromatic rings. The van der Waals surface area contributed by atoms with Crippen LogP contribution in [-0.4, -0.2) is 52.3 Å². The highest BCUT2D eigenvalue weighted by molar-refractivity contribution is 6.32. The van der Waals surface area contributed by atoms with Crippen molar-refractivity contribution in [3.63, 3.8) is 0 Å². The Morgan fingerprint density at radius 1 is 1.11 bits per heavy atom. The fourth-order valence-electron chi connectivity index (χ4n) is 4.67. The van der Waals surface area contributed by atoms with Crippen LogP contribution in [0, 0.1) is 0 Å². The standard InChI is InChI=1S/C24H23ClF6N4O3/c1-22(14-10-32-12-33-11-14,20(37)34-15-8-17(9-15)38-21(27)28)35(19(36)18(25)26)16-4-2-13(3-5-16)23(6-7-23)24(29,30)31/h2-5,10-12,15,17-18,21H,6-9H2,1H3,(H,34,37)/t15?,17?,18-,22+/m0/s1. The zero-order valence-corrected chi connectivity index (χ0v) is 20.6. The molecule has 2 aliphatic carbocycles. The number of carbonyl (C=O) groups excluding carboxylic acids is 2. The van der Waals surface area contributed by atoms with Gasteiger partial charge in [0.1, 0.15) is 6.33 Å². The van der Waals surface area contributed by atoms with Gasteiger partial charge in [0, 0.05) is 29.7 Å². The van der Waals surface area contributed by atoms with E-state index in [1.165, 1.54) is 43.6 Å². The third-order valence-electron chi connectivity index (χ3n) is 7.12. The average Bonchev–Trinajstić information content (AvgIpc) is 3.65. The van der Waals surface area contributed by atoms with Gasteiger partial charge in [-0.25, -0.2) is 14.4 Å². The highest BCUT2D eigenvalue weighted by atomic mass is 35.5. The summed E-state index contributed by atoms with van der Waals surface area (Å²) in [6, 6.07) is 4.13. The maximum absolute atomic E-state index is 14.3. The van der Waals surface area contributed by atoms with E-state index in [0.717, 1.165) is 11.2 Å². The number of carbonyl (C=O) groups is 2. The molecule has 0 unspecified atom stereocenters. The van der Waals surface area contributed by atoms with Gasteiger partial charge in [-0.05, 0) is 50.3 Å². The van der Waals surface area contributed by atoms with E-state index in [-0.39, 0.29) is 42.5 Å². The van der Waals surface area contributed by atoms with Crippen molar-refractivity contribution in [3.8, 4) is 0 Å². The summed E-state index contributed by atoms with van der Waals surface area (Å²) < 4.78 is 84.4. The molecule has 0 saturated heterocycles. The Labute approximate surface area is 218 Å². The largest absolute Gasteiger partial charge is 0.398 e. The minimum absolute atomic E-state index is 0.0300. The zero-order valence-electron chi connectivity index (χ0n) is 19.9. The fraction of sp³-hybridized carbons (Fsp3) is 0.500. The topological polar surface area (TPSA) is 84.4 Å². The van der Waals surface area contributed by atoms with Crippen LogP contribution in [0.3, 0.4) is 0 Å². The van der Waals surface area contributed by atoms with Crippen molar-refractivity contribution >= 4 is 29.1 Å². The lowest BCUT2D eigenvalue weighted by atomic mass is 9.85. The molecule has 2 saturated carbocycles. The number of hydrogen-bond acceptors (Lipinski definition) is 5. The van der Waals surface area contributed by atoms with E-state index in [9.17, 15) is 35.9 Å². The van der Waals surface area contributed by atoms with Crippen molar-refractivity contribution in [2.24, 2.45) is 0 Å². The van der Waals surface area contributed by atoms with Gasteiger partial charge in [0.25, 0.3) is 17.4 Å². The van der Waals surface area contributed by atoms with Gasteiger partial charge in [-0.2, -0.15) is 22.0 Å². The van der Waals surface area contributed by atoms with Crippen molar-refractivity contribution in [1.82, 2.24) is 15.3 Å². The lowest BCUT2D eigenvalue weighted by molar-refractivity contribution is -0.186. The van der Waals surface area contributed by atoms with Crippen LogP contribution in [0.5, 0.6) is 0 Å². The summed E-state index contributed by atoms with van der Waals surface area (Å²) in [5.41, 5.74) is -6.73. The lowest BCUT2D eigenvalue weighted by Gasteiger charge is -2.43. The maximum Gasteiger partial charge on any atom is 0.398 e. The molecule has 0 spiro atoms. The Kier molecular flexibility index (Phi) is 7.63. The molecule has 1 heterocycles. The number of aromatic nitrogens is 2. The summed E-state index contributed by atoms with van der Waals surface area (Å²) in [5.74, 6) is -2.19. The Bertz CT molecular complexity index is 1160. The zero-order chi connectivity index (χ0) is 27.9.